The highest BCUT2D eigenvalue weighted by Crippen LogP contribution is 2.40. The van der Waals surface area contributed by atoms with Crippen LogP contribution in [0.2, 0.25) is 5.02 Å². The molecule has 0 aliphatic carbocycles. The molecule has 0 spiro atoms. The number of hydrogen-bond donors (Lipinski definition) is 1. The molecule has 0 saturated carbocycles. The van der Waals surface area contributed by atoms with E-state index in [1.54, 1.807) is 4.90 Å². The predicted molar refractivity (Wildman–Crippen MR) is 110 cm³/mol. The number of aromatic nitrogens is 1. The van der Waals surface area contributed by atoms with Gasteiger partial charge in [0.2, 0.25) is 5.95 Å². The van der Waals surface area contributed by atoms with Crippen LogP contribution in [0.25, 0.3) is 0 Å². The second-order valence-electron chi connectivity index (χ2n) is 8.01. The molecule has 0 radical (unpaired) electrons. The Kier molecular flexibility index (Phi) is 6.22. The Bertz CT molecular complexity index is 1070. The first kappa shape index (κ1) is 22.6. The van der Waals surface area contributed by atoms with Crippen LogP contribution in [0.4, 0.5) is 24.7 Å². The minimum atomic E-state index is -4.73. The lowest BCUT2D eigenvalue weighted by molar-refractivity contribution is 0.242. The molecule has 1 aromatic carbocycles. The lowest BCUT2D eigenvalue weighted by atomic mass is 9.89. The van der Waals surface area contributed by atoms with Crippen molar-refractivity contribution < 1.29 is 21.6 Å². The quantitative estimate of drug-likeness (QED) is 0.523. The van der Waals surface area contributed by atoms with Gasteiger partial charge in [-0.15, -0.1) is 0 Å². The fourth-order valence-electron chi connectivity index (χ4n) is 3.82. The van der Waals surface area contributed by atoms with Crippen LogP contribution in [0.15, 0.2) is 29.2 Å². The van der Waals surface area contributed by atoms with E-state index in [0.29, 0.717) is 13.1 Å². The maximum absolute atomic E-state index is 14.9. The van der Waals surface area contributed by atoms with E-state index in [2.05, 4.69) is 11.9 Å². The SMILES string of the molecule is CN(C)C[C@]1(C)CCN(c2cc(F)c(S(=O)(=O)Nc3cccc(F)n3)c(F)c2Cl)C1. The van der Waals surface area contributed by atoms with Gasteiger partial charge in [-0.2, -0.15) is 4.39 Å². The second kappa shape index (κ2) is 8.24. The highest BCUT2D eigenvalue weighted by molar-refractivity contribution is 7.92. The molecule has 1 N–H and O–H groups in total. The average molecular weight is 463 g/mol. The number of nitrogens with one attached hydrogen (secondary N) is 1. The van der Waals surface area contributed by atoms with Crippen molar-refractivity contribution in [2.45, 2.75) is 18.2 Å². The first-order chi connectivity index (χ1) is 13.9. The number of hydrogen-bond acceptors (Lipinski definition) is 5. The van der Waals surface area contributed by atoms with Gasteiger partial charge in [0.05, 0.1) is 5.69 Å². The van der Waals surface area contributed by atoms with Gasteiger partial charge in [-0.05, 0) is 38.1 Å². The second-order valence-corrected chi connectivity index (χ2v) is 10.0. The summed E-state index contributed by atoms with van der Waals surface area (Å²) in [6.45, 7) is 3.90. The summed E-state index contributed by atoms with van der Waals surface area (Å²) in [4.78, 5) is 5.88. The number of benzene rings is 1. The predicted octanol–water partition coefficient (Wildman–Crippen LogP) is 3.73. The third-order valence-corrected chi connectivity index (χ3v) is 6.67. The number of anilines is 2. The fraction of sp³-hybridized carbons (Fsp3) is 0.421. The van der Waals surface area contributed by atoms with Gasteiger partial charge < -0.3 is 9.80 Å². The van der Waals surface area contributed by atoms with Crippen LogP contribution in [0.5, 0.6) is 0 Å². The first-order valence-electron chi connectivity index (χ1n) is 9.14. The highest BCUT2D eigenvalue weighted by atomic mass is 35.5. The van der Waals surface area contributed by atoms with Crippen molar-refractivity contribution in [1.29, 1.82) is 0 Å². The topological polar surface area (TPSA) is 65.5 Å². The molecular weight excluding hydrogens is 441 g/mol. The Morgan fingerprint density at radius 2 is 2.00 bits per heavy atom. The van der Waals surface area contributed by atoms with E-state index in [-0.39, 0.29) is 11.1 Å². The summed E-state index contributed by atoms with van der Waals surface area (Å²) in [5.41, 5.74) is -0.00762. The molecule has 1 saturated heterocycles. The molecule has 1 aliphatic heterocycles. The monoisotopic (exact) mass is 462 g/mol. The Balaban J connectivity index is 1.94. The molecule has 6 nitrogen and oxygen atoms in total. The molecule has 2 aromatic rings. The molecule has 0 unspecified atom stereocenters. The molecule has 1 fully saturated rings. The minimum Gasteiger partial charge on any atom is -0.370 e. The van der Waals surface area contributed by atoms with Crippen molar-refractivity contribution in [3.8, 4) is 0 Å². The van der Waals surface area contributed by atoms with Crippen molar-refractivity contribution in [3.63, 3.8) is 0 Å². The number of nitrogens with zero attached hydrogens (tertiary/aromatic N) is 3. The fourth-order valence-corrected chi connectivity index (χ4v) is 5.29. The van der Waals surface area contributed by atoms with E-state index in [1.807, 2.05) is 23.7 Å². The van der Waals surface area contributed by atoms with Gasteiger partial charge in [0.15, 0.2) is 10.7 Å². The molecule has 0 bridgehead atoms. The standard InChI is InChI=1S/C19H22ClF3N4O2S/c1-19(10-26(2)3)7-8-27(11-19)13-9-12(21)18(17(23)16(13)20)30(28,29)25-15-6-4-5-14(22)24-15/h4-6,9H,7-8,10-11H2,1-3H3,(H,24,25)/t19-/m0/s1. The Labute approximate surface area is 178 Å². The van der Waals surface area contributed by atoms with Crippen LogP contribution in [0.3, 0.4) is 0 Å². The van der Waals surface area contributed by atoms with E-state index >= 15 is 0 Å². The molecule has 1 aromatic heterocycles. The number of pyridine rings is 1. The molecule has 1 aliphatic rings. The van der Waals surface area contributed by atoms with Gasteiger partial charge in [-0.3, -0.25) is 4.72 Å². The maximum atomic E-state index is 14.9. The Hall–Kier alpha value is -2.04. The van der Waals surface area contributed by atoms with E-state index < -0.39 is 43.3 Å². The van der Waals surface area contributed by atoms with Crippen LogP contribution < -0.4 is 9.62 Å². The third-order valence-electron chi connectivity index (χ3n) is 4.92. The van der Waals surface area contributed by atoms with Gasteiger partial charge in [-0.25, -0.2) is 22.2 Å². The zero-order valence-corrected chi connectivity index (χ0v) is 18.3. The van der Waals surface area contributed by atoms with E-state index in [1.165, 1.54) is 6.07 Å². The van der Waals surface area contributed by atoms with Crippen molar-refractivity contribution in [2.24, 2.45) is 5.41 Å². The molecular formula is C19H22ClF3N4O2S. The van der Waals surface area contributed by atoms with Crippen molar-refractivity contribution in [3.05, 3.63) is 46.9 Å². The summed E-state index contributed by atoms with van der Waals surface area (Å²) in [5, 5.41) is -0.488. The minimum absolute atomic E-state index is 0.0944. The zero-order valence-electron chi connectivity index (χ0n) is 16.7. The summed E-state index contributed by atoms with van der Waals surface area (Å²) < 4.78 is 69.9. The normalized spacial score (nSPS) is 19.5. The van der Waals surface area contributed by atoms with E-state index in [9.17, 15) is 21.6 Å². The highest BCUT2D eigenvalue weighted by Gasteiger charge is 2.37. The summed E-state index contributed by atoms with van der Waals surface area (Å²) in [5.74, 6) is -4.05. The van der Waals surface area contributed by atoms with Crippen LogP contribution in [-0.2, 0) is 10.0 Å². The molecule has 2 heterocycles. The van der Waals surface area contributed by atoms with Crippen LogP contribution in [-0.4, -0.2) is 52.0 Å². The van der Waals surface area contributed by atoms with Gasteiger partial charge in [0.1, 0.15) is 16.7 Å². The summed E-state index contributed by atoms with van der Waals surface area (Å²) >= 11 is 6.12. The van der Waals surface area contributed by atoms with Crippen LogP contribution in [0.1, 0.15) is 13.3 Å². The molecule has 0 amide bonds. The van der Waals surface area contributed by atoms with E-state index in [0.717, 1.165) is 31.2 Å². The Morgan fingerprint density at radius 3 is 2.63 bits per heavy atom. The van der Waals surface area contributed by atoms with Gasteiger partial charge in [0, 0.05) is 25.7 Å². The van der Waals surface area contributed by atoms with Gasteiger partial charge >= 0.3 is 0 Å². The zero-order chi connectivity index (χ0) is 22.3. The molecule has 3 rings (SSSR count). The van der Waals surface area contributed by atoms with Crippen molar-refractivity contribution in [2.75, 3.05) is 43.4 Å². The summed E-state index contributed by atoms with van der Waals surface area (Å²) in [6.07, 6.45) is 0.789. The van der Waals surface area contributed by atoms with Crippen LogP contribution >= 0.6 is 11.6 Å². The third kappa shape index (κ3) is 4.65. The lowest BCUT2D eigenvalue weighted by Gasteiger charge is -2.29. The number of halogens is 4. The van der Waals surface area contributed by atoms with Gasteiger partial charge in [-0.1, -0.05) is 24.6 Å². The largest absolute Gasteiger partial charge is 0.370 e. The maximum Gasteiger partial charge on any atom is 0.268 e. The van der Waals surface area contributed by atoms with Crippen molar-refractivity contribution >= 4 is 33.1 Å². The Morgan fingerprint density at radius 1 is 1.30 bits per heavy atom. The average Bonchev–Trinajstić information content (AvgIpc) is 2.98. The van der Waals surface area contributed by atoms with E-state index in [4.69, 9.17) is 11.6 Å². The number of rotatable bonds is 6. The first-order valence-corrected chi connectivity index (χ1v) is 11.0. The molecule has 11 heteroatoms. The molecule has 1 atom stereocenters. The molecule has 30 heavy (non-hydrogen) atoms. The molecule has 164 valence electrons. The summed E-state index contributed by atoms with van der Waals surface area (Å²) in [6, 6.07) is 4.29. The smallest absolute Gasteiger partial charge is 0.268 e. The van der Waals surface area contributed by atoms with Gasteiger partial charge in [0.25, 0.3) is 10.0 Å². The van der Waals surface area contributed by atoms with Crippen LogP contribution in [0, 0.1) is 23.0 Å². The number of sulfonamides is 1. The lowest BCUT2D eigenvalue weighted by Crippen LogP contribution is -2.34. The van der Waals surface area contributed by atoms with Crippen molar-refractivity contribution in [1.82, 2.24) is 9.88 Å². The summed E-state index contributed by atoms with van der Waals surface area (Å²) in [7, 11) is -0.842.